The van der Waals surface area contributed by atoms with Gasteiger partial charge in [-0.3, -0.25) is 4.99 Å². The Morgan fingerprint density at radius 1 is 0.919 bits per heavy atom. The lowest BCUT2D eigenvalue weighted by atomic mass is 9.77. The van der Waals surface area contributed by atoms with Crippen LogP contribution in [0.15, 0.2) is 108 Å². The van der Waals surface area contributed by atoms with Crippen LogP contribution in [0.3, 0.4) is 0 Å². The van der Waals surface area contributed by atoms with E-state index < -0.39 is 0 Å². The Bertz CT molecular complexity index is 1480. The molecule has 0 amide bonds. The molecule has 0 saturated heterocycles. The first kappa shape index (κ1) is 23.8. The minimum absolute atomic E-state index is 0.284. The Balaban J connectivity index is 1.12. The normalized spacial score (nSPS) is 19.9. The van der Waals surface area contributed by atoms with E-state index in [4.69, 9.17) is 27.9 Å². The van der Waals surface area contributed by atoms with Crippen LogP contribution in [-0.2, 0) is 6.61 Å². The van der Waals surface area contributed by atoms with Crippen molar-refractivity contribution in [1.29, 1.82) is 0 Å². The van der Waals surface area contributed by atoms with Gasteiger partial charge in [0.15, 0.2) is 0 Å². The van der Waals surface area contributed by atoms with Crippen molar-refractivity contribution in [1.82, 2.24) is 0 Å². The Hall–Kier alpha value is -3.53. The number of para-hydroxylation sites is 1. The predicted molar refractivity (Wildman–Crippen MR) is 154 cm³/mol. The van der Waals surface area contributed by atoms with Crippen LogP contribution in [0.5, 0.6) is 5.75 Å². The van der Waals surface area contributed by atoms with Crippen LogP contribution >= 0.6 is 23.2 Å². The van der Waals surface area contributed by atoms with Crippen molar-refractivity contribution < 1.29 is 4.74 Å². The molecule has 1 aliphatic carbocycles. The first-order chi connectivity index (χ1) is 18.1. The SMILES string of the molecule is Clc1cccc(COc2ccc(C=Nc3ccc([C@@H]4Nc5ccccc5[C@H]5C=CC[C@@H]54)cc3)cc2Cl)c1. The molecule has 0 spiro atoms. The number of rotatable bonds is 6. The molecule has 1 heterocycles. The molecule has 184 valence electrons. The van der Waals surface area contributed by atoms with E-state index in [0.29, 0.717) is 34.2 Å². The van der Waals surface area contributed by atoms with E-state index in [-0.39, 0.29) is 6.04 Å². The lowest BCUT2D eigenvalue weighted by molar-refractivity contribution is 0.306. The van der Waals surface area contributed by atoms with Crippen LogP contribution in [-0.4, -0.2) is 6.21 Å². The lowest BCUT2D eigenvalue weighted by Crippen LogP contribution is -2.28. The number of aliphatic imine (C=N–C) groups is 1. The van der Waals surface area contributed by atoms with Gasteiger partial charge >= 0.3 is 0 Å². The number of ether oxygens (including phenoxy) is 1. The van der Waals surface area contributed by atoms with E-state index in [1.807, 2.05) is 48.7 Å². The Morgan fingerprint density at radius 2 is 1.78 bits per heavy atom. The van der Waals surface area contributed by atoms with Gasteiger partial charge in [0.25, 0.3) is 0 Å². The molecule has 0 fully saturated rings. The maximum absolute atomic E-state index is 6.47. The highest BCUT2D eigenvalue weighted by Gasteiger charge is 2.37. The molecule has 3 nitrogen and oxygen atoms in total. The van der Waals surface area contributed by atoms with Gasteiger partial charge in [0.1, 0.15) is 12.4 Å². The standard InChI is InChI=1S/C32H26Cl2N2O/c33-24-6-3-5-22(17-24)20-37-31-16-11-21(18-29(31)34)19-35-25-14-12-23(13-15-25)32-28-9-4-8-26(28)27-7-1-2-10-30(27)36-32/h1-8,10-19,26,28,32,36H,9,20H2/t26-,28+,32+/m1/s1. The Morgan fingerprint density at radius 3 is 2.62 bits per heavy atom. The highest BCUT2D eigenvalue weighted by molar-refractivity contribution is 6.32. The van der Waals surface area contributed by atoms with Gasteiger partial charge in [-0.1, -0.05) is 77.8 Å². The molecule has 0 radical (unpaired) electrons. The second-order valence-corrected chi connectivity index (χ2v) is 10.4. The van der Waals surface area contributed by atoms with E-state index in [0.717, 1.165) is 23.2 Å². The fraction of sp³-hybridized carbons (Fsp3) is 0.156. The maximum Gasteiger partial charge on any atom is 0.138 e. The van der Waals surface area contributed by atoms with Crippen LogP contribution in [0.2, 0.25) is 10.0 Å². The summed E-state index contributed by atoms with van der Waals surface area (Å²) in [5.41, 5.74) is 6.73. The van der Waals surface area contributed by atoms with Gasteiger partial charge in [-0.15, -0.1) is 0 Å². The summed E-state index contributed by atoms with van der Waals surface area (Å²) in [4.78, 5) is 4.67. The van der Waals surface area contributed by atoms with Crippen molar-refractivity contribution in [3.63, 3.8) is 0 Å². The van der Waals surface area contributed by atoms with E-state index >= 15 is 0 Å². The second kappa shape index (κ2) is 10.5. The summed E-state index contributed by atoms with van der Waals surface area (Å²) in [6, 6.07) is 30.8. The summed E-state index contributed by atoms with van der Waals surface area (Å²) in [5, 5.41) is 5.02. The summed E-state index contributed by atoms with van der Waals surface area (Å²) in [6.07, 6.45) is 7.61. The van der Waals surface area contributed by atoms with Crippen molar-refractivity contribution in [3.8, 4) is 5.75 Å². The molecule has 6 rings (SSSR count). The zero-order valence-corrected chi connectivity index (χ0v) is 21.7. The van der Waals surface area contributed by atoms with Crippen molar-refractivity contribution >= 4 is 40.8 Å². The number of nitrogens with zero attached hydrogens (tertiary/aromatic N) is 1. The summed E-state index contributed by atoms with van der Waals surface area (Å²) < 4.78 is 5.87. The molecule has 0 unspecified atom stereocenters. The third-order valence-electron chi connectivity index (χ3n) is 7.13. The quantitative estimate of drug-likeness (QED) is 0.201. The third kappa shape index (κ3) is 5.16. The van der Waals surface area contributed by atoms with Crippen molar-refractivity contribution in [2.75, 3.05) is 5.32 Å². The molecule has 5 heteroatoms. The molecular weight excluding hydrogens is 499 g/mol. The molecule has 0 bridgehead atoms. The van der Waals surface area contributed by atoms with Gasteiger partial charge in [-0.25, -0.2) is 0 Å². The summed E-state index contributed by atoms with van der Waals surface area (Å²) >= 11 is 12.5. The van der Waals surface area contributed by atoms with Crippen molar-refractivity contribution in [2.45, 2.75) is 25.0 Å². The number of anilines is 1. The summed E-state index contributed by atoms with van der Waals surface area (Å²) in [5.74, 6) is 1.64. The molecule has 3 atom stereocenters. The van der Waals surface area contributed by atoms with Gasteiger partial charge in [-0.05, 0) is 83.1 Å². The number of hydrogen-bond donors (Lipinski definition) is 1. The van der Waals surface area contributed by atoms with Gasteiger partial charge in [0.05, 0.1) is 16.8 Å². The molecule has 4 aromatic carbocycles. The van der Waals surface area contributed by atoms with Crippen molar-refractivity contribution in [2.24, 2.45) is 10.9 Å². The predicted octanol–water partition coefficient (Wildman–Crippen LogP) is 9.15. The minimum atomic E-state index is 0.284. The fourth-order valence-corrected chi connectivity index (χ4v) is 5.75. The van der Waals surface area contributed by atoms with Gasteiger partial charge in [-0.2, -0.15) is 0 Å². The van der Waals surface area contributed by atoms with Gasteiger partial charge < -0.3 is 10.1 Å². The lowest BCUT2D eigenvalue weighted by Gasteiger charge is -2.37. The molecular formula is C32H26Cl2N2O. The molecule has 1 aliphatic heterocycles. The molecule has 0 saturated carbocycles. The average molecular weight is 525 g/mol. The highest BCUT2D eigenvalue weighted by atomic mass is 35.5. The van der Waals surface area contributed by atoms with Crippen LogP contribution in [0.4, 0.5) is 11.4 Å². The zero-order valence-electron chi connectivity index (χ0n) is 20.1. The van der Waals surface area contributed by atoms with Crippen LogP contribution < -0.4 is 10.1 Å². The number of hydrogen-bond acceptors (Lipinski definition) is 3. The fourth-order valence-electron chi connectivity index (χ4n) is 5.29. The number of benzene rings is 4. The second-order valence-electron chi connectivity index (χ2n) is 9.52. The number of fused-ring (bicyclic) bond motifs is 3. The van der Waals surface area contributed by atoms with E-state index in [9.17, 15) is 0 Å². The third-order valence-corrected chi connectivity index (χ3v) is 7.66. The highest BCUT2D eigenvalue weighted by Crippen LogP contribution is 2.49. The number of nitrogens with one attached hydrogen (secondary N) is 1. The molecule has 4 aromatic rings. The molecule has 1 N–H and O–H groups in total. The average Bonchev–Trinajstić information content (AvgIpc) is 3.42. The molecule has 2 aliphatic rings. The molecule has 37 heavy (non-hydrogen) atoms. The Labute approximate surface area is 227 Å². The van der Waals surface area contributed by atoms with Crippen LogP contribution in [0.25, 0.3) is 0 Å². The van der Waals surface area contributed by atoms with E-state index in [2.05, 4.69) is 71.0 Å². The number of allylic oxidation sites excluding steroid dienone is 2. The smallest absolute Gasteiger partial charge is 0.138 e. The van der Waals surface area contributed by atoms with E-state index in [1.54, 1.807) is 0 Å². The Kier molecular flexibility index (Phi) is 6.73. The topological polar surface area (TPSA) is 33.6 Å². The van der Waals surface area contributed by atoms with Crippen molar-refractivity contribution in [3.05, 3.63) is 135 Å². The first-order valence-corrected chi connectivity index (χ1v) is 13.2. The minimum Gasteiger partial charge on any atom is -0.487 e. The first-order valence-electron chi connectivity index (χ1n) is 12.5. The van der Waals surface area contributed by atoms with E-state index in [1.165, 1.54) is 16.8 Å². The zero-order chi connectivity index (χ0) is 25.2. The van der Waals surface area contributed by atoms with Gasteiger partial charge in [0, 0.05) is 22.8 Å². The molecule has 0 aromatic heterocycles. The largest absolute Gasteiger partial charge is 0.487 e. The maximum atomic E-state index is 6.47. The van der Waals surface area contributed by atoms with Crippen LogP contribution in [0.1, 0.15) is 40.6 Å². The number of halogens is 2. The monoisotopic (exact) mass is 524 g/mol. The van der Waals surface area contributed by atoms with Crippen LogP contribution in [0, 0.1) is 5.92 Å². The summed E-state index contributed by atoms with van der Waals surface area (Å²) in [6.45, 7) is 0.402. The summed E-state index contributed by atoms with van der Waals surface area (Å²) in [7, 11) is 0. The van der Waals surface area contributed by atoms with Gasteiger partial charge in [0.2, 0.25) is 0 Å².